The first-order chi connectivity index (χ1) is 7.27. The zero-order chi connectivity index (χ0) is 10.7. The van der Waals surface area contributed by atoms with Crippen LogP contribution in [0.15, 0.2) is 24.3 Å². The van der Waals surface area contributed by atoms with E-state index in [2.05, 4.69) is 5.32 Å². The molecule has 0 amide bonds. The molecule has 2 rings (SSSR count). The third kappa shape index (κ3) is 2.45. The number of ketones is 1. The second kappa shape index (κ2) is 4.58. The smallest absolute Gasteiger partial charge is 0.179 e. The van der Waals surface area contributed by atoms with Crippen LogP contribution in [0.4, 0.5) is 0 Å². The third-order valence-corrected chi connectivity index (χ3v) is 2.93. The van der Waals surface area contributed by atoms with Gasteiger partial charge in [-0.2, -0.15) is 0 Å². The molecule has 80 valence electrons. The predicted molar refractivity (Wildman–Crippen MR) is 61.2 cm³/mol. The van der Waals surface area contributed by atoms with E-state index in [0.29, 0.717) is 0 Å². The van der Waals surface area contributed by atoms with Crippen molar-refractivity contribution in [3.05, 3.63) is 35.4 Å². The Morgan fingerprint density at radius 3 is 2.93 bits per heavy atom. The lowest BCUT2D eigenvalue weighted by atomic mass is 9.96. The number of rotatable bonds is 2. The highest BCUT2D eigenvalue weighted by Gasteiger charge is 2.21. The van der Waals surface area contributed by atoms with Gasteiger partial charge in [0.25, 0.3) is 0 Å². The summed E-state index contributed by atoms with van der Waals surface area (Å²) in [7, 11) is 0. The summed E-state index contributed by atoms with van der Waals surface area (Å²) < 4.78 is 0. The van der Waals surface area contributed by atoms with Crippen LogP contribution in [0.1, 0.15) is 35.2 Å². The highest BCUT2D eigenvalue weighted by molar-refractivity contribution is 6.00. The molecule has 0 aliphatic carbocycles. The van der Waals surface area contributed by atoms with Crippen molar-refractivity contribution in [2.75, 3.05) is 6.54 Å². The first-order valence-corrected chi connectivity index (χ1v) is 5.61. The summed E-state index contributed by atoms with van der Waals surface area (Å²) in [5.41, 5.74) is 1.99. The van der Waals surface area contributed by atoms with E-state index in [4.69, 9.17) is 0 Å². The van der Waals surface area contributed by atoms with Gasteiger partial charge in [0, 0.05) is 5.56 Å². The molecular formula is C13H17NO. The minimum atomic E-state index is 0.0422. The van der Waals surface area contributed by atoms with Gasteiger partial charge in [-0.25, -0.2) is 0 Å². The number of aryl methyl sites for hydroxylation is 1. The normalized spacial score (nSPS) is 21.3. The van der Waals surface area contributed by atoms with Gasteiger partial charge in [0.15, 0.2) is 5.78 Å². The molecule has 1 aliphatic rings. The minimum Gasteiger partial charge on any atom is -0.307 e. The van der Waals surface area contributed by atoms with Crippen LogP contribution in [0, 0.1) is 6.92 Å². The van der Waals surface area contributed by atoms with E-state index in [9.17, 15) is 4.79 Å². The molecule has 1 unspecified atom stereocenters. The van der Waals surface area contributed by atoms with Crippen LogP contribution in [-0.2, 0) is 0 Å². The molecule has 2 heteroatoms. The van der Waals surface area contributed by atoms with Gasteiger partial charge in [0.2, 0.25) is 0 Å². The summed E-state index contributed by atoms with van der Waals surface area (Å²) in [6.07, 6.45) is 3.33. The molecule has 15 heavy (non-hydrogen) atoms. The molecule has 1 N–H and O–H groups in total. The highest BCUT2D eigenvalue weighted by atomic mass is 16.1. The molecule has 0 saturated carbocycles. The van der Waals surface area contributed by atoms with Gasteiger partial charge in [-0.3, -0.25) is 4.79 Å². The summed E-state index contributed by atoms with van der Waals surface area (Å²) >= 11 is 0. The molecule has 0 bridgehead atoms. The van der Waals surface area contributed by atoms with Gasteiger partial charge in [-0.05, 0) is 32.4 Å². The van der Waals surface area contributed by atoms with E-state index < -0.39 is 0 Å². The topological polar surface area (TPSA) is 29.1 Å². The number of nitrogens with one attached hydrogen (secondary N) is 1. The molecule has 1 fully saturated rings. The molecule has 2 nitrogen and oxygen atoms in total. The molecule has 0 spiro atoms. The van der Waals surface area contributed by atoms with Crippen molar-refractivity contribution >= 4 is 5.78 Å². The van der Waals surface area contributed by atoms with Gasteiger partial charge >= 0.3 is 0 Å². The van der Waals surface area contributed by atoms with Crippen LogP contribution in [0.3, 0.4) is 0 Å². The molecule has 1 heterocycles. The number of piperidine rings is 1. The Kier molecular flexibility index (Phi) is 3.17. The van der Waals surface area contributed by atoms with Gasteiger partial charge in [0.05, 0.1) is 6.04 Å². The molecule has 1 aromatic carbocycles. The molecule has 1 aromatic rings. The van der Waals surface area contributed by atoms with Crippen molar-refractivity contribution in [3.63, 3.8) is 0 Å². The van der Waals surface area contributed by atoms with Gasteiger partial charge in [-0.1, -0.05) is 30.2 Å². The maximum atomic E-state index is 12.1. The van der Waals surface area contributed by atoms with Crippen LogP contribution >= 0.6 is 0 Å². The second-order valence-corrected chi connectivity index (χ2v) is 4.24. The molecule has 0 radical (unpaired) electrons. The molecular weight excluding hydrogens is 186 g/mol. The summed E-state index contributed by atoms with van der Waals surface area (Å²) in [5, 5.41) is 3.29. The Morgan fingerprint density at radius 2 is 2.27 bits per heavy atom. The maximum Gasteiger partial charge on any atom is 0.179 e. The van der Waals surface area contributed by atoms with E-state index in [1.54, 1.807) is 0 Å². The number of benzene rings is 1. The lowest BCUT2D eigenvalue weighted by Crippen LogP contribution is -2.40. The van der Waals surface area contributed by atoms with E-state index in [1.807, 2.05) is 31.2 Å². The van der Waals surface area contributed by atoms with Gasteiger partial charge in [-0.15, -0.1) is 0 Å². The maximum absolute atomic E-state index is 12.1. The molecule has 0 aromatic heterocycles. The number of carbonyl (C=O) groups is 1. The number of Topliss-reactive ketones (excluding diaryl/α,β-unsaturated/α-hetero) is 1. The van der Waals surface area contributed by atoms with Crippen LogP contribution in [-0.4, -0.2) is 18.4 Å². The average molecular weight is 203 g/mol. The second-order valence-electron chi connectivity index (χ2n) is 4.24. The molecule has 1 atom stereocenters. The van der Waals surface area contributed by atoms with Crippen molar-refractivity contribution < 1.29 is 4.79 Å². The summed E-state index contributed by atoms with van der Waals surface area (Å²) in [6, 6.07) is 7.89. The Labute approximate surface area is 90.7 Å². The number of hydrogen-bond donors (Lipinski definition) is 1. The minimum absolute atomic E-state index is 0.0422. The van der Waals surface area contributed by atoms with Crippen molar-refractivity contribution in [1.82, 2.24) is 5.32 Å². The Bertz CT molecular complexity index is 353. The lowest BCUT2D eigenvalue weighted by Gasteiger charge is -2.22. The van der Waals surface area contributed by atoms with E-state index in [0.717, 1.165) is 30.5 Å². The van der Waals surface area contributed by atoms with Crippen molar-refractivity contribution in [1.29, 1.82) is 0 Å². The first kappa shape index (κ1) is 10.4. The summed E-state index contributed by atoms with van der Waals surface area (Å²) in [5.74, 6) is 0.249. The Hall–Kier alpha value is -1.15. The Balaban J connectivity index is 2.12. The zero-order valence-corrected chi connectivity index (χ0v) is 9.12. The number of hydrogen-bond acceptors (Lipinski definition) is 2. The predicted octanol–water partition coefficient (Wildman–Crippen LogP) is 2.32. The first-order valence-electron chi connectivity index (χ1n) is 5.61. The summed E-state index contributed by atoms with van der Waals surface area (Å²) in [6.45, 7) is 2.99. The van der Waals surface area contributed by atoms with Crippen LogP contribution in [0.5, 0.6) is 0 Å². The van der Waals surface area contributed by atoms with Crippen molar-refractivity contribution in [3.8, 4) is 0 Å². The van der Waals surface area contributed by atoms with Crippen molar-refractivity contribution in [2.24, 2.45) is 0 Å². The lowest BCUT2D eigenvalue weighted by molar-refractivity contribution is 0.0927. The fourth-order valence-electron chi connectivity index (χ4n) is 2.08. The van der Waals surface area contributed by atoms with E-state index in [-0.39, 0.29) is 11.8 Å². The van der Waals surface area contributed by atoms with Crippen LogP contribution < -0.4 is 5.32 Å². The highest BCUT2D eigenvalue weighted by Crippen LogP contribution is 2.13. The quantitative estimate of drug-likeness (QED) is 0.747. The average Bonchev–Trinajstić information content (AvgIpc) is 2.29. The standard InChI is InChI=1S/C13H17NO/c1-10-5-4-6-11(9-10)13(15)12-7-2-3-8-14-12/h4-6,9,12,14H,2-3,7-8H2,1H3. The SMILES string of the molecule is Cc1cccc(C(=O)C2CCCCN2)c1. The Morgan fingerprint density at radius 1 is 1.40 bits per heavy atom. The largest absolute Gasteiger partial charge is 0.307 e. The van der Waals surface area contributed by atoms with Crippen LogP contribution in [0.2, 0.25) is 0 Å². The fourth-order valence-corrected chi connectivity index (χ4v) is 2.08. The van der Waals surface area contributed by atoms with Gasteiger partial charge in [0.1, 0.15) is 0 Å². The third-order valence-electron chi connectivity index (χ3n) is 2.93. The van der Waals surface area contributed by atoms with Crippen molar-refractivity contribution in [2.45, 2.75) is 32.2 Å². The fraction of sp³-hybridized carbons (Fsp3) is 0.462. The monoisotopic (exact) mass is 203 g/mol. The summed E-state index contributed by atoms with van der Waals surface area (Å²) in [4.78, 5) is 12.1. The molecule has 1 saturated heterocycles. The number of carbonyl (C=O) groups excluding carboxylic acids is 1. The molecule has 1 aliphatic heterocycles. The van der Waals surface area contributed by atoms with E-state index >= 15 is 0 Å². The zero-order valence-electron chi connectivity index (χ0n) is 9.12. The van der Waals surface area contributed by atoms with Gasteiger partial charge < -0.3 is 5.32 Å². The van der Waals surface area contributed by atoms with E-state index in [1.165, 1.54) is 6.42 Å². The van der Waals surface area contributed by atoms with Crippen LogP contribution in [0.25, 0.3) is 0 Å².